The van der Waals surface area contributed by atoms with Crippen LogP contribution in [0.3, 0.4) is 0 Å². The summed E-state index contributed by atoms with van der Waals surface area (Å²) in [5.74, 6) is 1.17. The first-order chi connectivity index (χ1) is 13.3. The molecular weight excluding hydrogens is 334 g/mol. The quantitative estimate of drug-likeness (QED) is 0.798. The highest BCUT2D eigenvalue weighted by Crippen LogP contribution is 2.35. The van der Waals surface area contributed by atoms with Gasteiger partial charge in [-0.25, -0.2) is 0 Å². The molecule has 2 saturated heterocycles. The second kappa shape index (κ2) is 8.24. The van der Waals surface area contributed by atoms with Crippen molar-refractivity contribution in [2.75, 3.05) is 19.6 Å². The van der Waals surface area contributed by atoms with Gasteiger partial charge in [-0.1, -0.05) is 48.5 Å². The largest absolute Gasteiger partial charge is 0.342 e. The third-order valence-electron chi connectivity index (χ3n) is 6.13. The lowest BCUT2D eigenvalue weighted by Gasteiger charge is -2.37. The zero-order valence-electron chi connectivity index (χ0n) is 15.9. The third kappa shape index (κ3) is 3.78. The first-order valence-corrected chi connectivity index (χ1v) is 10.1. The van der Waals surface area contributed by atoms with Crippen LogP contribution in [-0.4, -0.2) is 36.5 Å². The number of fused-ring (bicyclic) bond motifs is 1. The molecule has 27 heavy (non-hydrogen) atoms. The summed E-state index contributed by atoms with van der Waals surface area (Å²) in [7, 11) is 0. The number of carbonyl (C=O) groups is 1. The van der Waals surface area contributed by atoms with Crippen LogP contribution in [0.25, 0.3) is 10.8 Å². The molecule has 4 heteroatoms. The number of piperidine rings is 1. The van der Waals surface area contributed by atoms with Gasteiger partial charge in [-0.05, 0) is 41.5 Å². The van der Waals surface area contributed by atoms with Gasteiger partial charge in [0.15, 0.2) is 0 Å². The Morgan fingerprint density at radius 2 is 2.07 bits per heavy atom. The highest BCUT2D eigenvalue weighted by atomic mass is 16.2. The van der Waals surface area contributed by atoms with Gasteiger partial charge in [-0.3, -0.25) is 15.6 Å². The Bertz CT molecular complexity index is 813. The number of nitrogens with zero attached hydrogens (tertiary/aromatic N) is 1. The minimum Gasteiger partial charge on any atom is -0.342 e. The van der Waals surface area contributed by atoms with Crippen LogP contribution in [0.4, 0.5) is 0 Å². The highest BCUT2D eigenvalue weighted by Gasteiger charge is 2.37. The van der Waals surface area contributed by atoms with Crippen molar-refractivity contribution in [3.8, 4) is 0 Å². The minimum absolute atomic E-state index is 0.271. The molecule has 2 aliphatic heterocycles. The van der Waals surface area contributed by atoms with Crippen LogP contribution in [0.5, 0.6) is 0 Å². The van der Waals surface area contributed by atoms with Crippen molar-refractivity contribution >= 4 is 16.7 Å². The smallest absolute Gasteiger partial charge is 0.222 e. The summed E-state index contributed by atoms with van der Waals surface area (Å²) >= 11 is 0. The number of rotatable bonds is 5. The van der Waals surface area contributed by atoms with E-state index in [0.717, 1.165) is 32.5 Å². The first kappa shape index (κ1) is 18.2. The number of likely N-dealkylation sites (tertiary alicyclic amines) is 1. The summed E-state index contributed by atoms with van der Waals surface area (Å²) in [5.41, 5.74) is 8.34. The molecule has 142 valence electrons. The number of carbonyl (C=O) groups excluding carboxylic acids is 1. The zero-order chi connectivity index (χ0) is 18.6. The predicted molar refractivity (Wildman–Crippen MR) is 110 cm³/mol. The van der Waals surface area contributed by atoms with Crippen molar-refractivity contribution < 1.29 is 4.79 Å². The number of hydrogen-bond donors (Lipinski definition) is 2. The van der Waals surface area contributed by atoms with Crippen LogP contribution >= 0.6 is 0 Å². The Morgan fingerprint density at radius 1 is 1.22 bits per heavy atom. The fourth-order valence-electron chi connectivity index (χ4n) is 4.75. The number of hydrogen-bond acceptors (Lipinski definition) is 3. The van der Waals surface area contributed by atoms with Gasteiger partial charge in [0.2, 0.25) is 5.91 Å². The van der Waals surface area contributed by atoms with Gasteiger partial charge in [0.25, 0.3) is 0 Å². The molecule has 2 aliphatic rings. The summed E-state index contributed by atoms with van der Waals surface area (Å²) in [4.78, 5) is 14.6. The van der Waals surface area contributed by atoms with Crippen molar-refractivity contribution in [1.82, 2.24) is 15.8 Å². The van der Waals surface area contributed by atoms with Gasteiger partial charge in [0.05, 0.1) is 0 Å². The molecule has 4 nitrogen and oxygen atoms in total. The molecule has 4 rings (SSSR count). The number of hydrazine groups is 1. The standard InChI is InChI=1S/C23H29N3O/c1-2-3-13-22(27)26-14-7-10-18(16-26)23-21(15-24-25-23)20-12-6-9-17-8-4-5-11-19(17)20/h2,4-6,8-9,11-12,18,21,23-25H,1,3,7,10,13-16H2. The van der Waals surface area contributed by atoms with Gasteiger partial charge in [0.1, 0.15) is 0 Å². The lowest BCUT2D eigenvalue weighted by Crippen LogP contribution is -2.48. The van der Waals surface area contributed by atoms with Crippen LogP contribution < -0.4 is 10.9 Å². The molecule has 0 radical (unpaired) electrons. The summed E-state index contributed by atoms with van der Waals surface area (Å²) < 4.78 is 0. The van der Waals surface area contributed by atoms with E-state index in [1.807, 2.05) is 6.08 Å². The van der Waals surface area contributed by atoms with Crippen molar-refractivity contribution in [3.63, 3.8) is 0 Å². The maximum atomic E-state index is 12.5. The van der Waals surface area contributed by atoms with E-state index in [9.17, 15) is 4.79 Å². The molecule has 2 aromatic carbocycles. The second-order valence-corrected chi connectivity index (χ2v) is 7.80. The molecule has 2 N–H and O–H groups in total. The number of nitrogens with one attached hydrogen (secondary N) is 2. The van der Waals surface area contributed by atoms with E-state index in [0.29, 0.717) is 24.3 Å². The molecule has 1 amide bonds. The van der Waals surface area contributed by atoms with Crippen LogP contribution in [0.2, 0.25) is 0 Å². The van der Waals surface area contributed by atoms with Gasteiger partial charge in [-0.15, -0.1) is 6.58 Å². The molecule has 2 aromatic rings. The fraction of sp³-hybridized carbons (Fsp3) is 0.435. The van der Waals surface area contributed by atoms with E-state index in [1.54, 1.807) is 0 Å². The highest BCUT2D eigenvalue weighted by molar-refractivity contribution is 5.86. The van der Waals surface area contributed by atoms with E-state index in [1.165, 1.54) is 22.8 Å². The van der Waals surface area contributed by atoms with Crippen molar-refractivity contribution in [1.29, 1.82) is 0 Å². The van der Waals surface area contributed by atoms with Gasteiger partial charge < -0.3 is 4.90 Å². The second-order valence-electron chi connectivity index (χ2n) is 7.80. The van der Waals surface area contributed by atoms with Crippen molar-refractivity contribution in [2.24, 2.45) is 5.92 Å². The minimum atomic E-state index is 0.271. The maximum absolute atomic E-state index is 12.5. The SMILES string of the molecule is C=CCCC(=O)N1CCCC(C2NNCC2c2cccc3ccccc23)C1. The Kier molecular flexibility index (Phi) is 5.55. The molecule has 0 bridgehead atoms. The predicted octanol–water partition coefficient (Wildman–Crippen LogP) is 3.60. The molecule has 2 heterocycles. The Morgan fingerprint density at radius 3 is 2.96 bits per heavy atom. The summed E-state index contributed by atoms with van der Waals surface area (Å²) in [6, 6.07) is 15.6. The van der Waals surface area contributed by atoms with Crippen LogP contribution in [-0.2, 0) is 4.79 Å². The van der Waals surface area contributed by atoms with E-state index in [4.69, 9.17) is 0 Å². The van der Waals surface area contributed by atoms with E-state index in [-0.39, 0.29) is 5.91 Å². The number of allylic oxidation sites excluding steroid dienone is 1. The molecule has 3 unspecified atom stereocenters. The maximum Gasteiger partial charge on any atom is 0.222 e. The Labute approximate surface area is 161 Å². The molecule has 3 atom stereocenters. The lowest BCUT2D eigenvalue weighted by molar-refractivity contribution is -0.133. The van der Waals surface area contributed by atoms with Crippen LogP contribution in [0.1, 0.15) is 37.2 Å². The number of benzene rings is 2. The number of amides is 1. The molecule has 2 fully saturated rings. The van der Waals surface area contributed by atoms with Gasteiger partial charge >= 0.3 is 0 Å². The summed E-state index contributed by atoms with van der Waals surface area (Å²) in [6.07, 6.45) is 5.44. The molecule has 0 spiro atoms. The van der Waals surface area contributed by atoms with E-state index < -0.39 is 0 Å². The zero-order valence-corrected chi connectivity index (χ0v) is 15.9. The summed E-state index contributed by atoms with van der Waals surface area (Å²) in [6.45, 7) is 6.42. The van der Waals surface area contributed by atoms with E-state index >= 15 is 0 Å². The van der Waals surface area contributed by atoms with Gasteiger partial charge in [0, 0.05) is 38.0 Å². The monoisotopic (exact) mass is 363 g/mol. The van der Waals surface area contributed by atoms with E-state index in [2.05, 4.69) is 64.8 Å². The molecule has 0 aromatic heterocycles. The average molecular weight is 364 g/mol. The van der Waals surface area contributed by atoms with Gasteiger partial charge in [-0.2, -0.15) is 0 Å². The molecular formula is C23H29N3O. The van der Waals surface area contributed by atoms with Crippen LogP contribution in [0, 0.1) is 5.92 Å². The molecule has 0 saturated carbocycles. The Hall–Kier alpha value is -2.17. The normalized spacial score (nSPS) is 25.6. The third-order valence-corrected chi connectivity index (χ3v) is 6.13. The fourth-order valence-corrected chi connectivity index (χ4v) is 4.75. The summed E-state index contributed by atoms with van der Waals surface area (Å²) in [5, 5.41) is 2.64. The van der Waals surface area contributed by atoms with Crippen LogP contribution in [0.15, 0.2) is 55.1 Å². The lowest BCUT2D eigenvalue weighted by atomic mass is 9.80. The first-order valence-electron chi connectivity index (χ1n) is 10.1. The average Bonchev–Trinajstić information content (AvgIpc) is 3.21. The van der Waals surface area contributed by atoms with Crippen molar-refractivity contribution in [3.05, 3.63) is 60.7 Å². The Balaban J connectivity index is 1.54. The van der Waals surface area contributed by atoms with Crippen molar-refractivity contribution in [2.45, 2.75) is 37.6 Å². The molecule has 0 aliphatic carbocycles. The topological polar surface area (TPSA) is 44.4 Å².